The molecule has 0 fully saturated rings. The second-order valence-corrected chi connectivity index (χ2v) is 6.87. The largest absolute Gasteiger partial charge is 0.440 e. The summed E-state index contributed by atoms with van der Waals surface area (Å²) in [5.41, 5.74) is 2.77. The Balaban J connectivity index is 1.56. The van der Waals surface area contributed by atoms with Gasteiger partial charge < -0.3 is 4.42 Å². The SMILES string of the molecule is CN(Cc1ccc(S(C)=O)cc1)/N=C\Cc1nc2ccccc2o1. The number of para-hydroxylation sites is 2. The summed E-state index contributed by atoms with van der Waals surface area (Å²) in [7, 11) is 0.968. The summed E-state index contributed by atoms with van der Waals surface area (Å²) in [6, 6.07) is 15.4. The van der Waals surface area contributed by atoms with Gasteiger partial charge in [0.15, 0.2) is 5.58 Å². The van der Waals surface area contributed by atoms with Crippen molar-refractivity contribution in [1.29, 1.82) is 0 Å². The molecule has 0 bridgehead atoms. The standard InChI is InChI=1S/C18H19N3O2S/c1-21(13-14-7-9-15(10-8-14)24(2)22)19-12-11-18-20-16-5-3-4-6-17(16)23-18/h3-10,12H,11,13H2,1-2H3/b19-12-. The maximum atomic E-state index is 11.4. The lowest BCUT2D eigenvalue weighted by Gasteiger charge is -2.12. The molecule has 3 aromatic rings. The number of benzene rings is 2. The van der Waals surface area contributed by atoms with Crippen LogP contribution >= 0.6 is 0 Å². The monoisotopic (exact) mass is 341 g/mol. The van der Waals surface area contributed by atoms with E-state index in [2.05, 4.69) is 10.1 Å². The summed E-state index contributed by atoms with van der Waals surface area (Å²) in [4.78, 5) is 5.25. The summed E-state index contributed by atoms with van der Waals surface area (Å²) in [6.07, 6.45) is 4.02. The van der Waals surface area contributed by atoms with E-state index in [0.717, 1.165) is 21.6 Å². The molecule has 2 aromatic carbocycles. The highest BCUT2D eigenvalue weighted by atomic mass is 32.2. The van der Waals surface area contributed by atoms with Gasteiger partial charge in [0, 0.05) is 35.2 Å². The normalized spacial score (nSPS) is 12.8. The molecule has 0 aliphatic carbocycles. The van der Waals surface area contributed by atoms with E-state index in [1.807, 2.05) is 60.6 Å². The quantitative estimate of drug-likeness (QED) is 0.510. The molecule has 6 heteroatoms. The average Bonchev–Trinajstić information content (AvgIpc) is 2.98. The predicted molar refractivity (Wildman–Crippen MR) is 96.4 cm³/mol. The molecular formula is C18H19N3O2S. The van der Waals surface area contributed by atoms with E-state index in [9.17, 15) is 4.21 Å². The molecule has 0 N–H and O–H groups in total. The molecule has 0 aliphatic heterocycles. The highest BCUT2D eigenvalue weighted by Crippen LogP contribution is 2.14. The van der Waals surface area contributed by atoms with Crippen LogP contribution in [0.2, 0.25) is 0 Å². The van der Waals surface area contributed by atoms with Crippen LogP contribution in [0, 0.1) is 0 Å². The van der Waals surface area contributed by atoms with Crippen molar-refractivity contribution < 1.29 is 8.63 Å². The van der Waals surface area contributed by atoms with Gasteiger partial charge in [-0.2, -0.15) is 5.10 Å². The van der Waals surface area contributed by atoms with Crippen LogP contribution in [-0.4, -0.2) is 33.7 Å². The Morgan fingerprint density at radius 2 is 1.96 bits per heavy atom. The lowest BCUT2D eigenvalue weighted by atomic mass is 10.2. The number of hydrogen-bond donors (Lipinski definition) is 0. The fourth-order valence-electron chi connectivity index (χ4n) is 2.36. The maximum Gasteiger partial charge on any atom is 0.200 e. The average molecular weight is 341 g/mol. The summed E-state index contributed by atoms with van der Waals surface area (Å²) in [5.74, 6) is 0.656. The van der Waals surface area contributed by atoms with Crippen LogP contribution in [0.1, 0.15) is 11.5 Å². The van der Waals surface area contributed by atoms with E-state index in [1.165, 1.54) is 0 Å². The van der Waals surface area contributed by atoms with Gasteiger partial charge >= 0.3 is 0 Å². The van der Waals surface area contributed by atoms with E-state index in [1.54, 1.807) is 12.5 Å². The Kier molecular flexibility index (Phi) is 5.05. The molecule has 3 rings (SSSR count). The van der Waals surface area contributed by atoms with Crippen LogP contribution in [0.4, 0.5) is 0 Å². The Morgan fingerprint density at radius 1 is 1.21 bits per heavy atom. The topological polar surface area (TPSA) is 58.7 Å². The van der Waals surface area contributed by atoms with Crippen molar-refractivity contribution in [3.63, 3.8) is 0 Å². The molecule has 5 nitrogen and oxygen atoms in total. The fraction of sp³-hybridized carbons (Fsp3) is 0.222. The van der Waals surface area contributed by atoms with Gasteiger partial charge in [0.2, 0.25) is 5.89 Å². The van der Waals surface area contributed by atoms with E-state index in [4.69, 9.17) is 4.42 Å². The first-order valence-electron chi connectivity index (χ1n) is 7.62. The number of hydrogen-bond acceptors (Lipinski definition) is 5. The molecule has 1 atom stereocenters. The first-order chi connectivity index (χ1) is 11.6. The van der Waals surface area contributed by atoms with Crippen molar-refractivity contribution in [3.05, 3.63) is 60.0 Å². The third-order valence-electron chi connectivity index (χ3n) is 3.55. The molecule has 1 aromatic heterocycles. The van der Waals surface area contributed by atoms with Gasteiger partial charge in [-0.15, -0.1) is 0 Å². The molecule has 1 heterocycles. The maximum absolute atomic E-state index is 11.4. The first kappa shape index (κ1) is 16.4. The third-order valence-corrected chi connectivity index (χ3v) is 4.49. The summed E-state index contributed by atoms with van der Waals surface area (Å²) < 4.78 is 17.0. The lowest BCUT2D eigenvalue weighted by molar-refractivity contribution is 0.347. The Hall–Kier alpha value is -2.47. The van der Waals surface area contributed by atoms with Crippen molar-refractivity contribution in [2.75, 3.05) is 13.3 Å². The number of nitrogens with zero attached hydrogens (tertiary/aromatic N) is 3. The van der Waals surface area contributed by atoms with Crippen LogP contribution in [-0.2, 0) is 23.8 Å². The van der Waals surface area contributed by atoms with E-state index in [0.29, 0.717) is 18.9 Å². The van der Waals surface area contributed by atoms with Gasteiger partial charge in [0.05, 0.1) is 13.0 Å². The molecule has 0 saturated carbocycles. The zero-order chi connectivity index (χ0) is 16.9. The number of hydrazone groups is 1. The Labute approximate surface area is 143 Å². The van der Waals surface area contributed by atoms with Gasteiger partial charge in [-0.1, -0.05) is 24.3 Å². The molecule has 0 amide bonds. The molecular weight excluding hydrogens is 322 g/mol. The third kappa shape index (κ3) is 4.08. The van der Waals surface area contributed by atoms with E-state index in [-0.39, 0.29) is 0 Å². The summed E-state index contributed by atoms with van der Waals surface area (Å²) in [6.45, 7) is 0.681. The number of aromatic nitrogens is 1. The van der Waals surface area contributed by atoms with Gasteiger partial charge in [-0.3, -0.25) is 9.22 Å². The minimum Gasteiger partial charge on any atom is -0.440 e. The van der Waals surface area contributed by atoms with Crippen LogP contribution < -0.4 is 0 Å². The van der Waals surface area contributed by atoms with Crippen LogP contribution in [0.3, 0.4) is 0 Å². The minimum atomic E-state index is -0.943. The van der Waals surface area contributed by atoms with E-state index >= 15 is 0 Å². The van der Waals surface area contributed by atoms with Gasteiger partial charge in [0.1, 0.15) is 5.52 Å². The number of fused-ring (bicyclic) bond motifs is 1. The highest BCUT2D eigenvalue weighted by molar-refractivity contribution is 7.84. The first-order valence-corrected chi connectivity index (χ1v) is 9.18. The summed E-state index contributed by atoms with van der Waals surface area (Å²) >= 11 is 0. The highest BCUT2D eigenvalue weighted by Gasteiger charge is 2.03. The fourth-order valence-corrected chi connectivity index (χ4v) is 2.88. The molecule has 0 spiro atoms. The second kappa shape index (κ2) is 7.40. The molecule has 0 radical (unpaired) electrons. The van der Waals surface area contributed by atoms with Crippen molar-refractivity contribution >= 4 is 28.1 Å². The smallest absolute Gasteiger partial charge is 0.200 e. The number of rotatable bonds is 6. The minimum absolute atomic E-state index is 0.548. The second-order valence-electron chi connectivity index (χ2n) is 5.49. The van der Waals surface area contributed by atoms with Crippen LogP contribution in [0.15, 0.2) is 62.9 Å². The molecule has 124 valence electrons. The van der Waals surface area contributed by atoms with Gasteiger partial charge in [-0.05, 0) is 29.8 Å². The van der Waals surface area contributed by atoms with Gasteiger partial charge in [-0.25, -0.2) is 4.98 Å². The van der Waals surface area contributed by atoms with Crippen molar-refractivity contribution in [3.8, 4) is 0 Å². The van der Waals surface area contributed by atoms with Crippen LogP contribution in [0.5, 0.6) is 0 Å². The Morgan fingerprint density at radius 3 is 2.67 bits per heavy atom. The predicted octanol–water partition coefficient (Wildman–Crippen LogP) is 3.23. The molecule has 0 aliphatic rings. The zero-order valence-corrected chi connectivity index (χ0v) is 14.5. The van der Waals surface area contributed by atoms with Gasteiger partial charge in [0.25, 0.3) is 0 Å². The molecule has 0 saturated heterocycles. The molecule has 1 unspecified atom stereocenters. The van der Waals surface area contributed by atoms with Crippen molar-refractivity contribution in [2.45, 2.75) is 17.9 Å². The van der Waals surface area contributed by atoms with Crippen molar-refractivity contribution in [1.82, 2.24) is 9.99 Å². The number of oxazole rings is 1. The van der Waals surface area contributed by atoms with Crippen LogP contribution in [0.25, 0.3) is 11.1 Å². The molecule has 24 heavy (non-hydrogen) atoms. The lowest BCUT2D eigenvalue weighted by Crippen LogP contribution is -2.11. The van der Waals surface area contributed by atoms with E-state index < -0.39 is 10.8 Å². The summed E-state index contributed by atoms with van der Waals surface area (Å²) in [5, 5.41) is 6.24. The van der Waals surface area contributed by atoms with Crippen molar-refractivity contribution in [2.24, 2.45) is 5.10 Å². The zero-order valence-electron chi connectivity index (χ0n) is 13.7. The Bertz CT molecular complexity index is 838.